The van der Waals surface area contributed by atoms with E-state index >= 15 is 0 Å². The van der Waals surface area contributed by atoms with Crippen molar-refractivity contribution in [1.29, 1.82) is 0 Å². The van der Waals surface area contributed by atoms with E-state index in [0.29, 0.717) is 17.2 Å². The van der Waals surface area contributed by atoms with Crippen LogP contribution < -0.4 is 4.74 Å². The number of Topliss-reactive ketones (excluding diaryl/α,β-unsaturated/α-hetero) is 1. The van der Waals surface area contributed by atoms with Gasteiger partial charge in [0.15, 0.2) is 5.78 Å². The lowest BCUT2D eigenvalue weighted by atomic mass is 9.81. The van der Waals surface area contributed by atoms with E-state index in [2.05, 4.69) is 4.98 Å². The maximum Gasteiger partial charge on any atom is 0.335 e. The number of hydrogen-bond acceptors (Lipinski definition) is 3. The Balaban J connectivity index is 1.98. The number of nitrogens with one attached hydrogen (secondary N) is 1. The van der Waals surface area contributed by atoms with Crippen LogP contribution in [-0.4, -0.2) is 29.0 Å². The van der Waals surface area contributed by atoms with E-state index in [-0.39, 0.29) is 11.3 Å². The van der Waals surface area contributed by atoms with Crippen LogP contribution >= 0.6 is 0 Å². The zero-order valence-electron chi connectivity index (χ0n) is 16.7. The quantitative estimate of drug-likeness (QED) is 0.539. The van der Waals surface area contributed by atoms with E-state index in [1.165, 1.54) is 24.8 Å². The smallest absolute Gasteiger partial charge is 0.335 e. The molecule has 5 nitrogen and oxygen atoms in total. The van der Waals surface area contributed by atoms with Crippen LogP contribution in [0.5, 0.6) is 5.75 Å². The van der Waals surface area contributed by atoms with Crippen molar-refractivity contribution >= 4 is 22.7 Å². The fraction of sp³-hybridized carbons (Fsp3) is 0.333. The second-order valence-electron chi connectivity index (χ2n) is 7.78. The number of carbonyl (C=O) groups excluding carboxylic acids is 1. The SMILES string of the molecule is COc1ccc(-c2[nH]c3cc(C(=O)O)ccc3c2C2CCCCC2)c(C(C)=O)c1. The number of fused-ring (bicyclic) bond motifs is 1. The number of H-pyrrole nitrogens is 1. The predicted octanol–water partition coefficient (Wildman–Crippen LogP) is 5.79. The molecule has 0 spiro atoms. The molecule has 1 aromatic heterocycles. The third-order valence-corrected chi connectivity index (χ3v) is 5.97. The third-order valence-electron chi connectivity index (χ3n) is 5.97. The molecule has 3 aromatic rings. The van der Waals surface area contributed by atoms with E-state index in [0.717, 1.165) is 35.0 Å². The Labute approximate surface area is 169 Å². The lowest BCUT2D eigenvalue weighted by Crippen LogP contribution is -2.06. The van der Waals surface area contributed by atoms with Crippen molar-refractivity contribution in [3.05, 3.63) is 53.1 Å². The van der Waals surface area contributed by atoms with Crippen molar-refractivity contribution < 1.29 is 19.4 Å². The summed E-state index contributed by atoms with van der Waals surface area (Å²) < 4.78 is 5.32. The van der Waals surface area contributed by atoms with E-state index < -0.39 is 5.97 Å². The molecule has 0 atom stereocenters. The van der Waals surface area contributed by atoms with Crippen LogP contribution in [0.25, 0.3) is 22.2 Å². The molecule has 29 heavy (non-hydrogen) atoms. The number of methoxy groups -OCH3 is 1. The number of benzene rings is 2. The van der Waals surface area contributed by atoms with Crippen molar-refractivity contribution in [3.8, 4) is 17.0 Å². The minimum absolute atomic E-state index is 0.0293. The maximum absolute atomic E-state index is 12.4. The maximum atomic E-state index is 12.4. The van der Waals surface area contributed by atoms with Crippen molar-refractivity contribution in [2.24, 2.45) is 0 Å². The highest BCUT2D eigenvalue weighted by atomic mass is 16.5. The first kappa shape index (κ1) is 19.2. The van der Waals surface area contributed by atoms with Crippen LogP contribution in [0.1, 0.15) is 71.2 Å². The van der Waals surface area contributed by atoms with Crippen LogP contribution in [0.3, 0.4) is 0 Å². The van der Waals surface area contributed by atoms with Gasteiger partial charge in [-0.2, -0.15) is 0 Å². The Kier molecular flexibility index (Phi) is 5.14. The number of carboxylic acids is 1. The number of rotatable bonds is 5. The minimum atomic E-state index is -0.948. The molecule has 0 saturated heterocycles. The van der Waals surface area contributed by atoms with Crippen molar-refractivity contribution in [3.63, 3.8) is 0 Å². The number of ketones is 1. The van der Waals surface area contributed by atoms with Crippen LogP contribution in [0, 0.1) is 0 Å². The van der Waals surface area contributed by atoms with E-state index in [9.17, 15) is 14.7 Å². The summed E-state index contributed by atoms with van der Waals surface area (Å²) in [6.07, 6.45) is 5.83. The first-order chi connectivity index (χ1) is 14.0. The molecule has 150 valence electrons. The van der Waals surface area contributed by atoms with Gasteiger partial charge in [0.1, 0.15) is 5.75 Å². The Morgan fingerprint density at radius 2 is 1.83 bits per heavy atom. The lowest BCUT2D eigenvalue weighted by molar-refractivity contribution is 0.0696. The van der Waals surface area contributed by atoms with Crippen LogP contribution in [0.4, 0.5) is 0 Å². The summed E-state index contributed by atoms with van der Waals surface area (Å²) in [5.41, 5.74) is 4.61. The summed E-state index contributed by atoms with van der Waals surface area (Å²) in [5.74, 6) is 0.0574. The fourth-order valence-corrected chi connectivity index (χ4v) is 4.54. The first-order valence-electron chi connectivity index (χ1n) is 10.1. The zero-order valence-corrected chi connectivity index (χ0v) is 16.7. The minimum Gasteiger partial charge on any atom is -0.497 e. The van der Waals surface area contributed by atoms with Gasteiger partial charge in [0.25, 0.3) is 0 Å². The molecule has 1 fully saturated rings. The second-order valence-corrected chi connectivity index (χ2v) is 7.78. The summed E-state index contributed by atoms with van der Waals surface area (Å²) >= 11 is 0. The van der Waals surface area contributed by atoms with Crippen molar-refractivity contribution in [2.45, 2.75) is 44.9 Å². The number of aromatic amines is 1. The van der Waals surface area contributed by atoms with Gasteiger partial charge < -0.3 is 14.8 Å². The van der Waals surface area contributed by atoms with Gasteiger partial charge in [0.2, 0.25) is 0 Å². The molecule has 4 rings (SSSR count). The van der Waals surface area contributed by atoms with Crippen molar-refractivity contribution in [1.82, 2.24) is 4.98 Å². The number of aromatic carboxylic acids is 1. The van der Waals surface area contributed by atoms with Gasteiger partial charge in [-0.1, -0.05) is 25.3 Å². The molecule has 1 aliphatic carbocycles. The summed E-state index contributed by atoms with van der Waals surface area (Å²) in [4.78, 5) is 27.3. The van der Waals surface area contributed by atoms with Gasteiger partial charge in [-0.3, -0.25) is 4.79 Å². The monoisotopic (exact) mass is 391 g/mol. The topological polar surface area (TPSA) is 79.4 Å². The van der Waals surface area contributed by atoms with Gasteiger partial charge in [0, 0.05) is 22.0 Å². The molecule has 5 heteroatoms. The molecule has 1 aliphatic rings. The lowest BCUT2D eigenvalue weighted by Gasteiger charge is -2.23. The van der Waals surface area contributed by atoms with Gasteiger partial charge >= 0.3 is 5.97 Å². The van der Waals surface area contributed by atoms with Gasteiger partial charge in [-0.15, -0.1) is 0 Å². The Bertz CT molecular complexity index is 1090. The zero-order chi connectivity index (χ0) is 20.5. The largest absolute Gasteiger partial charge is 0.497 e. The van der Waals surface area contributed by atoms with E-state index in [1.54, 1.807) is 32.2 Å². The predicted molar refractivity (Wildman–Crippen MR) is 113 cm³/mol. The summed E-state index contributed by atoms with van der Waals surface area (Å²) in [6.45, 7) is 1.56. The summed E-state index contributed by atoms with van der Waals surface area (Å²) in [7, 11) is 1.59. The standard InChI is InChI=1S/C24H25NO4/c1-14(26)20-13-17(29-2)9-11-18(20)23-22(15-6-4-3-5-7-15)19-10-8-16(24(27)28)12-21(19)25-23/h8-13,15,25H,3-7H2,1-2H3,(H,27,28). The second kappa shape index (κ2) is 7.74. The Hall–Kier alpha value is -3.08. The summed E-state index contributed by atoms with van der Waals surface area (Å²) in [5, 5.41) is 10.4. The average molecular weight is 391 g/mol. The van der Waals surface area contributed by atoms with Crippen LogP contribution in [0.15, 0.2) is 36.4 Å². The molecule has 1 saturated carbocycles. The Morgan fingerprint density at radius 1 is 1.07 bits per heavy atom. The van der Waals surface area contributed by atoms with Crippen LogP contribution in [-0.2, 0) is 0 Å². The molecular weight excluding hydrogens is 366 g/mol. The Morgan fingerprint density at radius 3 is 2.48 bits per heavy atom. The van der Waals surface area contributed by atoms with Crippen molar-refractivity contribution in [2.75, 3.05) is 7.11 Å². The first-order valence-corrected chi connectivity index (χ1v) is 10.1. The molecular formula is C24H25NO4. The molecule has 0 unspecified atom stereocenters. The molecule has 0 amide bonds. The number of carboxylic acid groups (broad SMARTS) is 1. The average Bonchev–Trinajstić information content (AvgIpc) is 3.12. The number of hydrogen-bond donors (Lipinski definition) is 2. The van der Waals surface area contributed by atoms with E-state index in [4.69, 9.17) is 4.74 Å². The number of carbonyl (C=O) groups is 2. The molecule has 1 heterocycles. The third kappa shape index (κ3) is 3.53. The highest BCUT2D eigenvalue weighted by Gasteiger charge is 2.26. The molecule has 2 N–H and O–H groups in total. The van der Waals surface area contributed by atoms with Gasteiger partial charge in [-0.25, -0.2) is 4.79 Å². The molecule has 2 aromatic carbocycles. The number of aromatic nitrogens is 1. The highest BCUT2D eigenvalue weighted by molar-refractivity contribution is 6.04. The van der Waals surface area contributed by atoms with Gasteiger partial charge in [0.05, 0.1) is 18.4 Å². The van der Waals surface area contributed by atoms with Crippen LogP contribution in [0.2, 0.25) is 0 Å². The van der Waals surface area contributed by atoms with E-state index in [1.807, 2.05) is 18.2 Å². The molecule has 0 aliphatic heterocycles. The summed E-state index contributed by atoms with van der Waals surface area (Å²) in [6, 6.07) is 10.8. The normalized spacial score (nSPS) is 14.8. The molecule has 0 radical (unpaired) electrons. The molecule has 0 bridgehead atoms. The fourth-order valence-electron chi connectivity index (χ4n) is 4.54. The number of ether oxygens (including phenoxy) is 1. The van der Waals surface area contributed by atoms with Gasteiger partial charge in [-0.05, 0) is 61.6 Å². The highest BCUT2D eigenvalue weighted by Crippen LogP contribution is 2.43.